The highest BCUT2D eigenvalue weighted by molar-refractivity contribution is 6.08. The maximum absolute atomic E-state index is 12.8. The van der Waals surface area contributed by atoms with Crippen molar-refractivity contribution in [2.45, 2.75) is 6.92 Å². The standard InChI is InChI=1S/C18H14N6O2/c1-11-21-18(26-24-11)15-8-3-2-7-14(15)17(25)22-13-6-4-5-12(9-13)16-19-10-20-23-16/h2-10H,1H3,(H,22,25)(H,19,20,23). The van der Waals surface area contributed by atoms with Crippen molar-refractivity contribution in [3.63, 3.8) is 0 Å². The Morgan fingerprint density at radius 2 is 2.04 bits per heavy atom. The number of aromatic nitrogens is 5. The molecule has 8 nitrogen and oxygen atoms in total. The second kappa shape index (κ2) is 6.60. The fraction of sp³-hybridized carbons (Fsp3) is 0.0556. The van der Waals surface area contributed by atoms with Gasteiger partial charge < -0.3 is 9.84 Å². The molecule has 2 N–H and O–H groups in total. The average molecular weight is 346 g/mol. The summed E-state index contributed by atoms with van der Waals surface area (Å²) >= 11 is 0. The van der Waals surface area contributed by atoms with Gasteiger partial charge in [-0.15, -0.1) is 0 Å². The molecular weight excluding hydrogens is 332 g/mol. The predicted molar refractivity (Wildman–Crippen MR) is 94.2 cm³/mol. The Bertz CT molecular complexity index is 1060. The summed E-state index contributed by atoms with van der Waals surface area (Å²) in [7, 11) is 0. The number of benzene rings is 2. The lowest BCUT2D eigenvalue weighted by molar-refractivity contribution is 0.102. The van der Waals surface area contributed by atoms with Gasteiger partial charge in [0.15, 0.2) is 11.6 Å². The Labute approximate surface area is 148 Å². The maximum Gasteiger partial charge on any atom is 0.258 e. The minimum absolute atomic E-state index is 0.272. The first-order valence-corrected chi connectivity index (χ1v) is 7.87. The first-order valence-electron chi connectivity index (χ1n) is 7.87. The lowest BCUT2D eigenvalue weighted by atomic mass is 10.1. The molecule has 0 aliphatic heterocycles. The van der Waals surface area contributed by atoms with Crippen LogP contribution in [-0.2, 0) is 0 Å². The number of nitrogens with one attached hydrogen (secondary N) is 2. The third-order valence-corrected chi connectivity index (χ3v) is 3.74. The van der Waals surface area contributed by atoms with Gasteiger partial charge in [-0.25, -0.2) is 4.98 Å². The molecule has 8 heteroatoms. The topological polar surface area (TPSA) is 110 Å². The Hall–Kier alpha value is -3.81. The third kappa shape index (κ3) is 3.07. The molecule has 1 amide bonds. The van der Waals surface area contributed by atoms with E-state index in [-0.39, 0.29) is 5.91 Å². The van der Waals surface area contributed by atoms with Crippen molar-refractivity contribution in [1.82, 2.24) is 25.3 Å². The normalized spacial score (nSPS) is 10.7. The number of amides is 1. The molecule has 0 atom stereocenters. The summed E-state index contributed by atoms with van der Waals surface area (Å²) in [6, 6.07) is 14.4. The van der Waals surface area contributed by atoms with Crippen LogP contribution in [0.4, 0.5) is 5.69 Å². The molecular formula is C18H14N6O2. The van der Waals surface area contributed by atoms with Crippen molar-refractivity contribution in [3.8, 4) is 22.8 Å². The second-order valence-electron chi connectivity index (χ2n) is 5.56. The van der Waals surface area contributed by atoms with Gasteiger partial charge in [0.1, 0.15) is 6.33 Å². The highest BCUT2D eigenvalue weighted by Gasteiger charge is 2.17. The zero-order chi connectivity index (χ0) is 17.9. The summed E-state index contributed by atoms with van der Waals surface area (Å²) < 4.78 is 5.20. The summed E-state index contributed by atoms with van der Waals surface area (Å²) in [5, 5.41) is 13.3. The first-order chi connectivity index (χ1) is 12.7. The largest absolute Gasteiger partial charge is 0.334 e. The van der Waals surface area contributed by atoms with Crippen LogP contribution in [0, 0.1) is 6.92 Å². The van der Waals surface area contributed by atoms with E-state index in [1.54, 1.807) is 31.2 Å². The molecule has 0 aliphatic carbocycles. The maximum atomic E-state index is 12.8. The van der Waals surface area contributed by atoms with Crippen LogP contribution in [0.3, 0.4) is 0 Å². The number of nitrogens with zero attached hydrogens (tertiary/aromatic N) is 4. The number of aryl methyl sites for hydroxylation is 1. The lowest BCUT2D eigenvalue weighted by Crippen LogP contribution is -2.13. The lowest BCUT2D eigenvalue weighted by Gasteiger charge is -2.09. The van der Waals surface area contributed by atoms with Gasteiger partial charge in [-0.3, -0.25) is 9.89 Å². The Morgan fingerprint density at radius 3 is 2.81 bits per heavy atom. The van der Waals surface area contributed by atoms with Gasteiger partial charge in [-0.05, 0) is 31.2 Å². The quantitative estimate of drug-likeness (QED) is 0.587. The molecule has 0 spiro atoms. The van der Waals surface area contributed by atoms with Crippen molar-refractivity contribution in [2.75, 3.05) is 5.32 Å². The molecule has 0 fully saturated rings. The summed E-state index contributed by atoms with van der Waals surface area (Å²) in [4.78, 5) is 21.1. The number of carbonyl (C=O) groups is 1. The van der Waals surface area contributed by atoms with Crippen LogP contribution in [0.25, 0.3) is 22.8 Å². The van der Waals surface area contributed by atoms with E-state index in [1.807, 2.05) is 24.3 Å². The minimum Gasteiger partial charge on any atom is -0.334 e. The molecule has 2 aromatic carbocycles. The van der Waals surface area contributed by atoms with Crippen LogP contribution in [0.2, 0.25) is 0 Å². The van der Waals surface area contributed by atoms with Crippen LogP contribution in [0.1, 0.15) is 16.2 Å². The highest BCUT2D eigenvalue weighted by atomic mass is 16.5. The highest BCUT2D eigenvalue weighted by Crippen LogP contribution is 2.24. The third-order valence-electron chi connectivity index (χ3n) is 3.74. The molecule has 2 heterocycles. The zero-order valence-electron chi connectivity index (χ0n) is 13.8. The molecule has 0 aliphatic rings. The van der Waals surface area contributed by atoms with Gasteiger partial charge in [0.05, 0.1) is 11.1 Å². The predicted octanol–water partition coefficient (Wildman–Crippen LogP) is 3.08. The summed E-state index contributed by atoms with van der Waals surface area (Å²) in [6.45, 7) is 1.73. The molecule has 26 heavy (non-hydrogen) atoms. The van der Waals surface area contributed by atoms with E-state index in [0.717, 1.165) is 5.56 Å². The Kier molecular flexibility index (Phi) is 3.98. The molecule has 0 bridgehead atoms. The zero-order valence-corrected chi connectivity index (χ0v) is 13.8. The van der Waals surface area contributed by atoms with Gasteiger partial charge in [0, 0.05) is 11.3 Å². The number of rotatable bonds is 4. The number of hydrogen-bond donors (Lipinski definition) is 2. The van der Waals surface area contributed by atoms with Crippen molar-refractivity contribution in [3.05, 3.63) is 66.2 Å². The van der Waals surface area contributed by atoms with E-state index in [0.29, 0.717) is 34.4 Å². The van der Waals surface area contributed by atoms with Crippen LogP contribution < -0.4 is 5.32 Å². The van der Waals surface area contributed by atoms with Gasteiger partial charge in [-0.2, -0.15) is 10.1 Å². The average Bonchev–Trinajstić information content (AvgIpc) is 3.34. The number of anilines is 1. The molecule has 2 aromatic heterocycles. The van der Waals surface area contributed by atoms with E-state index in [1.165, 1.54) is 6.33 Å². The number of H-pyrrole nitrogens is 1. The van der Waals surface area contributed by atoms with E-state index < -0.39 is 0 Å². The summed E-state index contributed by atoms with van der Waals surface area (Å²) in [6.07, 6.45) is 1.43. The summed E-state index contributed by atoms with van der Waals surface area (Å²) in [5.41, 5.74) is 2.49. The Balaban J connectivity index is 1.63. The fourth-order valence-electron chi connectivity index (χ4n) is 2.56. The minimum atomic E-state index is -0.272. The van der Waals surface area contributed by atoms with Crippen molar-refractivity contribution in [1.29, 1.82) is 0 Å². The molecule has 4 aromatic rings. The van der Waals surface area contributed by atoms with Crippen LogP contribution in [0.5, 0.6) is 0 Å². The van der Waals surface area contributed by atoms with Crippen LogP contribution in [-0.4, -0.2) is 31.2 Å². The molecule has 4 rings (SSSR count). The SMILES string of the molecule is Cc1noc(-c2ccccc2C(=O)Nc2cccc(-c3ncn[nH]3)c2)n1. The van der Waals surface area contributed by atoms with Crippen molar-refractivity contribution in [2.24, 2.45) is 0 Å². The number of aromatic amines is 1. The van der Waals surface area contributed by atoms with Gasteiger partial charge in [0.25, 0.3) is 11.8 Å². The van der Waals surface area contributed by atoms with Crippen molar-refractivity contribution < 1.29 is 9.32 Å². The smallest absolute Gasteiger partial charge is 0.258 e. The van der Waals surface area contributed by atoms with Crippen LogP contribution >= 0.6 is 0 Å². The Morgan fingerprint density at radius 1 is 1.15 bits per heavy atom. The molecule has 0 radical (unpaired) electrons. The molecule has 128 valence electrons. The second-order valence-corrected chi connectivity index (χ2v) is 5.56. The first kappa shape index (κ1) is 15.7. The fourth-order valence-corrected chi connectivity index (χ4v) is 2.56. The van der Waals surface area contributed by atoms with E-state index in [9.17, 15) is 4.79 Å². The van der Waals surface area contributed by atoms with Crippen LogP contribution in [0.15, 0.2) is 59.4 Å². The van der Waals surface area contributed by atoms with Gasteiger partial charge >= 0.3 is 0 Å². The molecule has 0 unspecified atom stereocenters. The molecule has 0 saturated carbocycles. The monoisotopic (exact) mass is 346 g/mol. The van der Waals surface area contributed by atoms with Gasteiger partial charge in [0.2, 0.25) is 0 Å². The van der Waals surface area contributed by atoms with E-state index in [2.05, 4.69) is 30.6 Å². The summed E-state index contributed by atoms with van der Waals surface area (Å²) in [5.74, 6) is 1.17. The van der Waals surface area contributed by atoms with Gasteiger partial charge in [-0.1, -0.05) is 29.4 Å². The van der Waals surface area contributed by atoms with Crippen molar-refractivity contribution >= 4 is 11.6 Å². The number of hydrogen-bond acceptors (Lipinski definition) is 6. The number of carbonyl (C=O) groups excluding carboxylic acids is 1. The molecule has 0 saturated heterocycles. The van der Waals surface area contributed by atoms with E-state index in [4.69, 9.17) is 4.52 Å². The van der Waals surface area contributed by atoms with E-state index >= 15 is 0 Å².